The van der Waals surface area contributed by atoms with Crippen LogP contribution < -0.4 is 0 Å². The Bertz CT molecular complexity index is 162. The van der Waals surface area contributed by atoms with E-state index < -0.39 is 0 Å². The summed E-state index contributed by atoms with van der Waals surface area (Å²) in [4.78, 5) is 2.64. The number of nitrogens with zero attached hydrogens (tertiary/aromatic N) is 1. The summed E-state index contributed by atoms with van der Waals surface area (Å²) in [6, 6.07) is 0. The highest BCUT2D eigenvalue weighted by Gasteiger charge is 2.21. The monoisotopic (exact) mass is 231 g/mol. The van der Waals surface area contributed by atoms with Gasteiger partial charge in [-0.25, -0.2) is 0 Å². The Balaban J connectivity index is 2.20. The first-order chi connectivity index (χ1) is 7.11. The maximum absolute atomic E-state index is 5.75. The van der Waals surface area contributed by atoms with Gasteiger partial charge in [-0.1, -0.05) is 20.8 Å². The Hall–Kier alpha value is 0.250. The molecule has 15 heavy (non-hydrogen) atoms. The highest BCUT2D eigenvalue weighted by molar-refractivity contribution is 6.17. The summed E-state index contributed by atoms with van der Waals surface area (Å²) in [5.41, 5.74) is 0. The second-order valence-corrected chi connectivity index (χ2v) is 5.96. The fourth-order valence-electron chi connectivity index (χ4n) is 2.71. The van der Waals surface area contributed by atoms with Crippen LogP contribution in [-0.2, 0) is 0 Å². The van der Waals surface area contributed by atoms with E-state index in [4.69, 9.17) is 11.6 Å². The summed E-state index contributed by atoms with van der Waals surface area (Å²) in [5.74, 6) is 3.37. The average molecular weight is 232 g/mol. The molecule has 90 valence electrons. The second kappa shape index (κ2) is 6.75. The molecule has 1 aliphatic heterocycles. The molecular weight excluding hydrogens is 206 g/mol. The van der Waals surface area contributed by atoms with E-state index >= 15 is 0 Å². The number of halogens is 1. The second-order valence-electron chi connectivity index (χ2n) is 5.58. The zero-order valence-electron chi connectivity index (χ0n) is 10.5. The van der Waals surface area contributed by atoms with E-state index in [9.17, 15) is 0 Å². The number of likely N-dealkylation sites (tertiary alicyclic amines) is 1. The van der Waals surface area contributed by atoms with Crippen molar-refractivity contribution in [3.05, 3.63) is 0 Å². The Labute approximate surface area is 100 Å². The summed E-state index contributed by atoms with van der Waals surface area (Å²) in [6.45, 7) is 11.0. The van der Waals surface area contributed by atoms with Gasteiger partial charge in [0.05, 0.1) is 0 Å². The van der Waals surface area contributed by atoms with E-state index in [1.165, 1.54) is 38.9 Å². The van der Waals surface area contributed by atoms with E-state index in [1.807, 2.05) is 0 Å². The molecule has 2 heteroatoms. The van der Waals surface area contributed by atoms with Crippen LogP contribution in [0.3, 0.4) is 0 Å². The number of rotatable bonds is 5. The molecule has 0 aromatic carbocycles. The first-order valence-electron chi connectivity index (χ1n) is 6.40. The lowest BCUT2D eigenvalue weighted by Gasteiger charge is -2.35. The van der Waals surface area contributed by atoms with Crippen molar-refractivity contribution in [2.45, 2.75) is 40.0 Å². The Morgan fingerprint density at radius 3 is 2.33 bits per heavy atom. The molecule has 1 saturated heterocycles. The fourth-order valence-corrected chi connectivity index (χ4v) is 3.08. The van der Waals surface area contributed by atoms with E-state index in [0.717, 1.165) is 23.6 Å². The summed E-state index contributed by atoms with van der Waals surface area (Å²) in [7, 11) is 0. The number of hydrogen-bond donors (Lipinski definition) is 0. The van der Waals surface area contributed by atoms with Gasteiger partial charge in [0.2, 0.25) is 0 Å². The zero-order chi connectivity index (χ0) is 11.3. The first-order valence-corrected chi connectivity index (χ1v) is 6.93. The van der Waals surface area contributed by atoms with E-state index in [-0.39, 0.29) is 0 Å². The first kappa shape index (κ1) is 13.3. The molecule has 0 N–H and O–H groups in total. The minimum atomic E-state index is 0.787. The standard InChI is InChI=1S/C13H26ClN/c1-11(4-6-14)5-7-15-9-12(2)8-13(3)10-15/h11-13H,4-10H2,1-3H3. The van der Waals surface area contributed by atoms with Crippen molar-refractivity contribution in [1.82, 2.24) is 4.90 Å². The summed E-state index contributed by atoms with van der Waals surface area (Å²) < 4.78 is 0. The maximum Gasteiger partial charge on any atom is 0.0225 e. The minimum absolute atomic E-state index is 0.787. The molecule has 1 nitrogen and oxygen atoms in total. The van der Waals surface area contributed by atoms with Gasteiger partial charge in [0.25, 0.3) is 0 Å². The third-order valence-corrected chi connectivity index (χ3v) is 3.70. The van der Waals surface area contributed by atoms with Crippen LogP contribution in [0.1, 0.15) is 40.0 Å². The molecule has 1 fully saturated rings. The normalized spacial score (nSPS) is 30.4. The van der Waals surface area contributed by atoms with E-state index in [0.29, 0.717) is 0 Å². The van der Waals surface area contributed by atoms with Gasteiger partial charge in [-0.15, -0.1) is 11.6 Å². The van der Waals surface area contributed by atoms with Crippen LogP contribution >= 0.6 is 11.6 Å². The van der Waals surface area contributed by atoms with Crippen molar-refractivity contribution >= 4 is 11.6 Å². The lowest BCUT2D eigenvalue weighted by atomic mass is 9.91. The molecule has 1 aliphatic rings. The van der Waals surface area contributed by atoms with Crippen LogP contribution in [0.25, 0.3) is 0 Å². The summed E-state index contributed by atoms with van der Waals surface area (Å²) in [6.07, 6.45) is 3.89. The third kappa shape index (κ3) is 5.21. The van der Waals surface area contributed by atoms with Crippen molar-refractivity contribution < 1.29 is 0 Å². The van der Waals surface area contributed by atoms with Crippen LogP contribution in [0.4, 0.5) is 0 Å². The SMILES string of the molecule is CC(CCCl)CCN1CC(C)CC(C)C1. The molecular formula is C13H26ClN. The summed E-state index contributed by atoms with van der Waals surface area (Å²) in [5, 5.41) is 0. The predicted molar refractivity (Wildman–Crippen MR) is 68.5 cm³/mol. The van der Waals surface area contributed by atoms with Gasteiger partial charge in [-0.2, -0.15) is 0 Å². The number of piperidine rings is 1. The number of hydrogen-bond acceptors (Lipinski definition) is 1. The molecule has 0 bridgehead atoms. The molecule has 1 heterocycles. The van der Waals surface area contributed by atoms with Gasteiger partial charge in [0.1, 0.15) is 0 Å². The Morgan fingerprint density at radius 1 is 1.20 bits per heavy atom. The Morgan fingerprint density at radius 2 is 1.80 bits per heavy atom. The molecule has 0 amide bonds. The molecule has 3 atom stereocenters. The van der Waals surface area contributed by atoms with Crippen molar-refractivity contribution in [3.8, 4) is 0 Å². The van der Waals surface area contributed by atoms with Gasteiger partial charge in [-0.3, -0.25) is 0 Å². The highest BCUT2D eigenvalue weighted by atomic mass is 35.5. The van der Waals surface area contributed by atoms with Crippen LogP contribution in [-0.4, -0.2) is 30.4 Å². The minimum Gasteiger partial charge on any atom is -0.303 e. The van der Waals surface area contributed by atoms with Crippen molar-refractivity contribution in [1.29, 1.82) is 0 Å². The van der Waals surface area contributed by atoms with Gasteiger partial charge >= 0.3 is 0 Å². The molecule has 3 unspecified atom stereocenters. The van der Waals surface area contributed by atoms with Crippen LogP contribution in [0.2, 0.25) is 0 Å². The molecule has 0 aromatic rings. The van der Waals surface area contributed by atoms with Crippen molar-refractivity contribution in [3.63, 3.8) is 0 Å². The molecule has 0 saturated carbocycles. The lowest BCUT2D eigenvalue weighted by Crippen LogP contribution is -2.39. The lowest BCUT2D eigenvalue weighted by molar-refractivity contribution is 0.134. The predicted octanol–water partition coefficient (Wildman–Crippen LogP) is 3.62. The van der Waals surface area contributed by atoms with E-state index in [1.54, 1.807) is 0 Å². The Kier molecular flexibility index (Phi) is 5.99. The van der Waals surface area contributed by atoms with E-state index in [2.05, 4.69) is 25.7 Å². The van der Waals surface area contributed by atoms with Crippen LogP contribution in [0.15, 0.2) is 0 Å². The van der Waals surface area contributed by atoms with Gasteiger partial charge in [0, 0.05) is 19.0 Å². The quantitative estimate of drug-likeness (QED) is 0.654. The van der Waals surface area contributed by atoms with Gasteiger partial charge in [0.15, 0.2) is 0 Å². The zero-order valence-corrected chi connectivity index (χ0v) is 11.3. The fraction of sp³-hybridized carbons (Fsp3) is 1.00. The third-order valence-electron chi connectivity index (χ3n) is 3.48. The topological polar surface area (TPSA) is 3.24 Å². The molecule has 0 radical (unpaired) electrons. The largest absolute Gasteiger partial charge is 0.303 e. The molecule has 0 aliphatic carbocycles. The number of alkyl halides is 1. The molecule has 1 rings (SSSR count). The van der Waals surface area contributed by atoms with Crippen molar-refractivity contribution in [2.24, 2.45) is 17.8 Å². The average Bonchev–Trinajstić information content (AvgIpc) is 2.14. The summed E-state index contributed by atoms with van der Waals surface area (Å²) >= 11 is 5.75. The highest BCUT2D eigenvalue weighted by Crippen LogP contribution is 2.21. The maximum atomic E-state index is 5.75. The van der Waals surface area contributed by atoms with Crippen LogP contribution in [0.5, 0.6) is 0 Å². The van der Waals surface area contributed by atoms with Gasteiger partial charge < -0.3 is 4.90 Å². The smallest absolute Gasteiger partial charge is 0.0225 e. The van der Waals surface area contributed by atoms with Crippen molar-refractivity contribution in [2.75, 3.05) is 25.5 Å². The molecule has 0 spiro atoms. The van der Waals surface area contributed by atoms with Gasteiger partial charge in [-0.05, 0) is 43.6 Å². The van der Waals surface area contributed by atoms with Crippen LogP contribution in [0, 0.1) is 17.8 Å². The molecule has 0 aromatic heterocycles.